The van der Waals surface area contributed by atoms with Gasteiger partial charge in [0.15, 0.2) is 12.2 Å². The first-order valence-corrected chi connectivity index (χ1v) is 27.5. The lowest BCUT2D eigenvalue weighted by Gasteiger charge is -2.08. The van der Waals surface area contributed by atoms with Crippen molar-refractivity contribution in [3.63, 3.8) is 0 Å². The summed E-state index contributed by atoms with van der Waals surface area (Å²) in [6.07, 6.45) is -2.58. The number of carboxylic acid groups (broad SMARTS) is 3. The summed E-state index contributed by atoms with van der Waals surface area (Å²) >= 11 is 0. The van der Waals surface area contributed by atoms with E-state index in [-0.39, 0.29) is 23.8 Å². The minimum absolute atomic E-state index is 0.170. The number of carbonyl (C=O) groups excluding carboxylic acids is 3. The monoisotopic (exact) mass is 1130 g/mol. The fraction of sp³-hybridized carbons (Fsp3) is 0.373. The van der Waals surface area contributed by atoms with Gasteiger partial charge in [-0.3, -0.25) is 19.2 Å². The van der Waals surface area contributed by atoms with E-state index in [9.17, 15) is 33.9 Å². The second-order valence-electron chi connectivity index (χ2n) is 14.7. The van der Waals surface area contributed by atoms with Crippen LogP contribution in [0.2, 0.25) is 0 Å². The molecule has 0 aliphatic carbocycles. The van der Waals surface area contributed by atoms with Gasteiger partial charge in [-0.25, -0.2) is 9.59 Å². The molecule has 0 aliphatic rings. The molecule has 0 fully saturated rings. The number of carbonyl (C=O) groups is 6. The second kappa shape index (κ2) is 58.2. The first kappa shape index (κ1) is 84.4. The van der Waals surface area contributed by atoms with Crippen LogP contribution in [0.5, 0.6) is 0 Å². The van der Waals surface area contributed by atoms with E-state index in [2.05, 4.69) is 14.2 Å². The number of aliphatic hydroxyl groups excluding tert-OH is 2. The third-order valence-electron chi connectivity index (χ3n) is 9.94. The average Bonchev–Trinajstić information content (AvgIpc) is 3.55. The van der Waals surface area contributed by atoms with Crippen LogP contribution < -0.4 is 0 Å². The largest absolute Gasteiger partial charge is 0.481 e. The summed E-state index contributed by atoms with van der Waals surface area (Å²) in [7, 11) is 4.05. The van der Waals surface area contributed by atoms with Crippen molar-refractivity contribution in [3.8, 4) is 0 Å². The zero-order chi connectivity index (χ0) is 63.7. The first-order chi connectivity index (χ1) is 38.9. The Morgan fingerprint density at radius 3 is 0.617 bits per heavy atom. The van der Waals surface area contributed by atoms with Crippen LogP contribution in [0.15, 0.2) is 182 Å². The van der Waals surface area contributed by atoms with Crippen LogP contribution >= 0.6 is 0 Å². The molecule has 14 heteroatoms. The number of rotatable bonds is 12. The minimum Gasteiger partial charge on any atom is -0.481 e. The molecule has 14 nitrogen and oxygen atoms in total. The SMILES string of the molecule is CC.CC.CC.CC.CC.CC.CC(C(=O)O)c1ccccc1.CC(C(=O)O)c1ccccc1.COC(=O)C(C)c1ccccc1.COC(=O)C(C)c1ccccc1.COC(=O)C(O)c1ccccc1.O=C(O)C(O)c1ccccc1. The van der Waals surface area contributed by atoms with Crippen molar-refractivity contribution in [2.24, 2.45) is 0 Å². The molecule has 0 saturated carbocycles. The number of ether oxygens (including phenoxy) is 3. The van der Waals surface area contributed by atoms with Crippen LogP contribution in [0.4, 0.5) is 0 Å². The lowest BCUT2D eigenvalue weighted by Crippen LogP contribution is -2.13. The quantitative estimate of drug-likeness (QED) is 0.0567. The number of aliphatic hydroxyl groups is 2. The molecule has 6 atom stereocenters. The standard InChI is InChI=1S/2C10H12O2.C9H10O3.2C9H10O2.C8H8O3.6C2H6/c2*1-8(10(11)12-2)9-6-4-3-5-7-9;1-12-9(11)8(10)7-5-3-2-4-6-7;2*1-7(9(10)11)8-5-3-2-4-6-8;9-7(8(10)11)6-4-2-1-3-5-6;6*1-2/h2*3-8H,1-2H3;2-6,8,10H,1H3;2*2-7H,1H3,(H,10,11);1-5,7,9H,(H,10,11);6*1-2H3. The van der Waals surface area contributed by atoms with Crippen molar-refractivity contribution in [3.05, 3.63) is 215 Å². The van der Waals surface area contributed by atoms with Crippen LogP contribution in [0.1, 0.15) is 180 Å². The number of methoxy groups -OCH3 is 3. The second-order valence-corrected chi connectivity index (χ2v) is 14.7. The maximum absolute atomic E-state index is 11.1. The fourth-order valence-electron chi connectivity index (χ4n) is 5.54. The number of aliphatic carboxylic acids is 3. The van der Waals surface area contributed by atoms with E-state index in [1.807, 2.05) is 224 Å². The summed E-state index contributed by atoms with van der Waals surface area (Å²) in [6.45, 7) is 31.0. The summed E-state index contributed by atoms with van der Waals surface area (Å²) in [6, 6.07) is 54.5. The van der Waals surface area contributed by atoms with E-state index in [0.29, 0.717) is 11.1 Å². The van der Waals surface area contributed by atoms with Crippen molar-refractivity contribution in [1.29, 1.82) is 0 Å². The molecule has 0 heterocycles. The van der Waals surface area contributed by atoms with Crippen molar-refractivity contribution in [2.45, 2.75) is 147 Å². The highest BCUT2D eigenvalue weighted by molar-refractivity contribution is 5.78. The molecule has 5 N–H and O–H groups in total. The molecule has 0 amide bonds. The number of hydrogen-bond acceptors (Lipinski definition) is 11. The highest BCUT2D eigenvalue weighted by Crippen LogP contribution is 2.18. The van der Waals surface area contributed by atoms with Gasteiger partial charge in [0, 0.05) is 0 Å². The maximum Gasteiger partial charge on any atom is 0.339 e. The van der Waals surface area contributed by atoms with Crippen LogP contribution in [0, 0.1) is 0 Å². The van der Waals surface area contributed by atoms with Crippen molar-refractivity contribution in [1.82, 2.24) is 0 Å². The predicted molar refractivity (Wildman–Crippen MR) is 329 cm³/mol. The van der Waals surface area contributed by atoms with E-state index in [0.717, 1.165) is 22.3 Å². The van der Waals surface area contributed by atoms with Gasteiger partial charge in [0.2, 0.25) is 0 Å². The molecule has 6 aromatic rings. The number of esters is 3. The summed E-state index contributed by atoms with van der Waals surface area (Å²) < 4.78 is 13.6. The van der Waals surface area contributed by atoms with Gasteiger partial charge in [-0.15, -0.1) is 0 Å². The Labute approximate surface area is 485 Å². The van der Waals surface area contributed by atoms with Gasteiger partial charge in [-0.1, -0.05) is 265 Å². The maximum atomic E-state index is 11.1. The Kier molecular flexibility index (Phi) is 60.6. The highest BCUT2D eigenvalue weighted by atomic mass is 16.5. The molecule has 0 aliphatic heterocycles. The van der Waals surface area contributed by atoms with Gasteiger partial charge in [0.1, 0.15) is 0 Å². The van der Waals surface area contributed by atoms with E-state index >= 15 is 0 Å². The fourth-order valence-corrected chi connectivity index (χ4v) is 5.54. The lowest BCUT2D eigenvalue weighted by molar-refractivity contribution is -0.151. The third kappa shape index (κ3) is 40.0. The first-order valence-electron chi connectivity index (χ1n) is 27.5. The normalized spacial score (nSPS) is 10.9. The summed E-state index contributed by atoms with van der Waals surface area (Å²) in [4.78, 5) is 64.3. The Morgan fingerprint density at radius 1 is 0.272 bits per heavy atom. The van der Waals surface area contributed by atoms with E-state index in [4.69, 9.17) is 20.4 Å². The molecule has 6 unspecified atom stereocenters. The van der Waals surface area contributed by atoms with Gasteiger partial charge in [-0.2, -0.15) is 0 Å². The zero-order valence-corrected chi connectivity index (χ0v) is 51.7. The number of carboxylic acids is 3. The van der Waals surface area contributed by atoms with E-state index in [1.54, 1.807) is 68.4 Å². The molecule has 450 valence electrons. The summed E-state index contributed by atoms with van der Waals surface area (Å²) in [5, 5.41) is 44.0. The molecule has 0 bridgehead atoms. The van der Waals surface area contributed by atoms with Gasteiger partial charge < -0.3 is 39.7 Å². The smallest absolute Gasteiger partial charge is 0.339 e. The average molecular weight is 1130 g/mol. The molecule has 0 spiro atoms. The molecule has 6 rings (SSSR count). The number of hydrogen-bond donors (Lipinski definition) is 5. The number of benzene rings is 6. The molecule has 0 radical (unpaired) electrons. The Balaban J connectivity index is -0.000000200. The molecule has 6 aromatic carbocycles. The van der Waals surface area contributed by atoms with Crippen LogP contribution in [0.25, 0.3) is 0 Å². The Morgan fingerprint density at radius 2 is 0.444 bits per heavy atom. The molecule has 81 heavy (non-hydrogen) atoms. The lowest BCUT2D eigenvalue weighted by atomic mass is 10.0. The van der Waals surface area contributed by atoms with Crippen molar-refractivity contribution >= 4 is 35.8 Å². The van der Waals surface area contributed by atoms with Gasteiger partial charge in [0.05, 0.1) is 45.0 Å². The van der Waals surface area contributed by atoms with Crippen LogP contribution in [-0.4, -0.2) is 82.7 Å². The third-order valence-corrected chi connectivity index (χ3v) is 9.94. The van der Waals surface area contributed by atoms with Crippen molar-refractivity contribution < 1.29 is 68.5 Å². The molecule has 0 saturated heterocycles. The minimum atomic E-state index is -1.41. The van der Waals surface area contributed by atoms with Gasteiger partial charge >= 0.3 is 35.8 Å². The molecule has 0 aromatic heterocycles. The van der Waals surface area contributed by atoms with E-state index in [1.165, 1.54) is 21.3 Å². The topological polar surface area (TPSA) is 231 Å². The van der Waals surface area contributed by atoms with Crippen LogP contribution in [-0.2, 0) is 43.0 Å². The summed E-state index contributed by atoms with van der Waals surface area (Å²) in [5.41, 5.74) is 4.62. The Hall–Kier alpha value is -7.94. The summed E-state index contributed by atoms with van der Waals surface area (Å²) in [5.74, 6) is -4.97. The van der Waals surface area contributed by atoms with Gasteiger partial charge in [0.25, 0.3) is 0 Å². The Bertz CT molecular complexity index is 2100. The molecular formula is C67H98O14. The zero-order valence-electron chi connectivity index (χ0n) is 51.7. The van der Waals surface area contributed by atoms with Crippen LogP contribution in [0.3, 0.4) is 0 Å². The highest BCUT2D eigenvalue weighted by Gasteiger charge is 2.18. The predicted octanol–water partition coefficient (Wildman–Crippen LogP) is 15.5. The van der Waals surface area contributed by atoms with Crippen molar-refractivity contribution in [2.75, 3.05) is 21.3 Å². The molecular weight excluding hydrogens is 1030 g/mol. The van der Waals surface area contributed by atoms with E-state index < -0.39 is 47.9 Å². The van der Waals surface area contributed by atoms with Gasteiger partial charge in [-0.05, 0) is 61.1 Å².